The molecule has 0 spiro atoms. The summed E-state index contributed by atoms with van der Waals surface area (Å²) in [5, 5.41) is 12.3. The Morgan fingerprint density at radius 1 is 1.36 bits per heavy atom. The van der Waals surface area contributed by atoms with Gasteiger partial charge in [0.25, 0.3) is 5.91 Å². The zero-order chi connectivity index (χ0) is 18.2. The van der Waals surface area contributed by atoms with Crippen LogP contribution in [0.25, 0.3) is 6.08 Å². The van der Waals surface area contributed by atoms with Crippen molar-refractivity contribution < 1.29 is 9.53 Å². The third kappa shape index (κ3) is 5.35. The van der Waals surface area contributed by atoms with E-state index in [2.05, 4.69) is 21.2 Å². The van der Waals surface area contributed by atoms with Gasteiger partial charge in [0.05, 0.1) is 21.8 Å². The summed E-state index contributed by atoms with van der Waals surface area (Å²) in [6.07, 6.45) is 2.43. The van der Waals surface area contributed by atoms with Crippen molar-refractivity contribution in [2.75, 3.05) is 11.9 Å². The van der Waals surface area contributed by atoms with E-state index in [1.165, 1.54) is 6.08 Å². The molecule has 6 heteroatoms. The summed E-state index contributed by atoms with van der Waals surface area (Å²) < 4.78 is 6.35. The Bertz CT molecular complexity index is 844. The molecule has 2 aromatic rings. The molecule has 0 radical (unpaired) electrons. The summed E-state index contributed by atoms with van der Waals surface area (Å²) in [5.41, 5.74) is 1.15. The first-order valence-electron chi connectivity index (χ1n) is 7.65. The summed E-state index contributed by atoms with van der Waals surface area (Å²) in [6, 6.07) is 14.2. The van der Waals surface area contributed by atoms with Crippen LogP contribution in [0, 0.1) is 11.3 Å². The van der Waals surface area contributed by atoms with Crippen LogP contribution in [0.15, 0.2) is 52.5 Å². The first kappa shape index (κ1) is 19.0. The van der Waals surface area contributed by atoms with Crippen molar-refractivity contribution in [3.05, 3.63) is 63.1 Å². The normalized spacial score (nSPS) is 10.9. The lowest BCUT2D eigenvalue weighted by atomic mass is 10.1. The molecular formula is C19H16BrClN2O2. The molecule has 1 amide bonds. The highest BCUT2D eigenvalue weighted by atomic mass is 79.9. The Morgan fingerprint density at radius 2 is 2.12 bits per heavy atom. The summed E-state index contributed by atoms with van der Waals surface area (Å²) in [6.45, 7) is 2.65. The van der Waals surface area contributed by atoms with Gasteiger partial charge < -0.3 is 10.1 Å². The van der Waals surface area contributed by atoms with E-state index in [1.807, 2.05) is 13.0 Å². The van der Waals surface area contributed by atoms with E-state index in [4.69, 9.17) is 16.3 Å². The molecule has 0 fully saturated rings. The van der Waals surface area contributed by atoms with Crippen LogP contribution in [0.3, 0.4) is 0 Å². The highest BCUT2D eigenvalue weighted by molar-refractivity contribution is 9.10. The molecule has 0 aliphatic carbocycles. The second-order valence-corrected chi connectivity index (χ2v) is 6.40. The number of anilines is 1. The topological polar surface area (TPSA) is 62.1 Å². The molecule has 25 heavy (non-hydrogen) atoms. The monoisotopic (exact) mass is 418 g/mol. The number of nitrogens with zero attached hydrogens (tertiary/aromatic N) is 1. The van der Waals surface area contributed by atoms with Crippen LogP contribution in [0.5, 0.6) is 5.75 Å². The van der Waals surface area contributed by atoms with Gasteiger partial charge in [0.1, 0.15) is 17.4 Å². The number of rotatable bonds is 6. The average molecular weight is 420 g/mol. The Morgan fingerprint density at radius 3 is 2.76 bits per heavy atom. The van der Waals surface area contributed by atoms with Crippen LogP contribution in [0.2, 0.25) is 5.02 Å². The van der Waals surface area contributed by atoms with Crippen molar-refractivity contribution in [3.8, 4) is 11.8 Å². The van der Waals surface area contributed by atoms with E-state index in [0.29, 0.717) is 22.9 Å². The van der Waals surface area contributed by atoms with Crippen molar-refractivity contribution in [2.24, 2.45) is 0 Å². The number of hydrogen-bond donors (Lipinski definition) is 1. The fourth-order valence-corrected chi connectivity index (χ4v) is 2.70. The molecule has 0 heterocycles. The Hall–Kier alpha value is -2.29. The second-order valence-electron chi connectivity index (χ2n) is 5.14. The van der Waals surface area contributed by atoms with Gasteiger partial charge in [0.15, 0.2) is 0 Å². The fourth-order valence-electron chi connectivity index (χ4n) is 2.00. The number of para-hydroxylation sites is 1. The van der Waals surface area contributed by atoms with Crippen molar-refractivity contribution >= 4 is 45.2 Å². The minimum absolute atomic E-state index is 0.0194. The number of nitrogens with one attached hydrogen (secondary N) is 1. The highest BCUT2D eigenvalue weighted by Crippen LogP contribution is 2.27. The van der Waals surface area contributed by atoms with E-state index < -0.39 is 5.91 Å². The van der Waals surface area contributed by atoms with Gasteiger partial charge in [0, 0.05) is 0 Å². The number of carbonyl (C=O) groups is 1. The Labute approximate surface area is 160 Å². The maximum Gasteiger partial charge on any atom is 0.266 e. The molecule has 0 aliphatic rings. The molecule has 0 unspecified atom stereocenters. The van der Waals surface area contributed by atoms with Gasteiger partial charge >= 0.3 is 0 Å². The minimum Gasteiger partial charge on any atom is -0.492 e. The quantitative estimate of drug-likeness (QED) is 0.501. The first-order chi connectivity index (χ1) is 12.0. The fraction of sp³-hybridized carbons (Fsp3) is 0.158. The van der Waals surface area contributed by atoms with Crippen LogP contribution in [-0.4, -0.2) is 12.5 Å². The molecule has 0 aromatic heterocycles. The van der Waals surface area contributed by atoms with Gasteiger partial charge in [-0.05, 0) is 58.3 Å². The van der Waals surface area contributed by atoms with Crippen molar-refractivity contribution in [2.45, 2.75) is 13.3 Å². The lowest BCUT2D eigenvalue weighted by Crippen LogP contribution is -2.13. The number of nitriles is 1. The summed E-state index contributed by atoms with van der Waals surface area (Å²) >= 11 is 9.45. The lowest BCUT2D eigenvalue weighted by Gasteiger charge is -2.08. The number of amides is 1. The van der Waals surface area contributed by atoms with Gasteiger partial charge in [-0.2, -0.15) is 5.26 Å². The number of halogens is 2. The first-order valence-corrected chi connectivity index (χ1v) is 8.82. The third-order valence-corrected chi connectivity index (χ3v) is 4.17. The molecule has 1 N–H and O–H groups in total. The molecule has 0 atom stereocenters. The Kier molecular flexibility index (Phi) is 7.05. The minimum atomic E-state index is -0.516. The second kappa shape index (κ2) is 9.26. The highest BCUT2D eigenvalue weighted by Gasteiger charge is 2.11. The van der Waals surface area contributed by atoms with Crippen LogP contribution in [-0.2, 0) is 4.79 Å². The van der Waals surface area contributed by atoms with E-state index >= 15 is 0 Å². The number of benzene rings is 2. The molecular weight excluding hydrogens is 404 g/mol. The van der Waals surface area contributed by atoms with Gasteiger partial charge in [-0.25, -0.2) is 0 Å². The van der Waals surface area contributed by atoms with Gasteiger partial charge in [-0.3, -0.25) is 4.79 Å². The smallest absolute Gasteiger partial charge is 0.266 e. The van der Waals surface area contributed by atoms with E-state index in [-0.39, 0.29) is 5.57 Å². The van der Waals surface area contributed by atoms with Crippen LogP contribution in [0.1, 0.15) is 18.9 Å². The maximum absolute atomic E-state index is 12.3. The summed E-state index contributed by atoms with van der Waals surface area (Å²) in [5.74, 6) is 0.205. The zero-order valence-electron chi connectivity index (χ0n) is 13.6. The van der Waals surface area contributed by atoms with Crippen LogP contribution in [0.4, 0.5) is 5.69 Å². The molecule has 128 valence electrons. The SMILES string of the molecule is CCCOc1ccc(/C=C(\C#N)C(=O)Nc2ccccc2Cl)cc1Br. The third-order valence-electron chi connectivity index (χ3n) is 3.22. The molecule has 0 saturated heterocycles. The van der Waals surface area contributed by atoms with Crippen molar-refractivity contribution in [3.63, 3.8) is 0 Å². The molecule has 2 rings (SSSR count). The van der Waals surface area contributed by atoms with Crippen LogP contribution < -0.4 is 10.1 Å². The van der Waals surface area contributed by atoms with Gasteiger partial charge in [-0.15, -0.1) is 0 Å². The molecule has 4 nitrogen and oxygen atoms in total. The van der Waals surface area contributed by atoms with Gasteiger partial charge in [0.2, 0.25) is 0 Å². The average Bonchev–Trinajstić information content (AvgIpc) is 2.60. The number of hydrogen-bond acceptors (Lipinski definition) is 3. The standard InChI is InChI=1S/C19H16BrClN2O2/c1-2-9-25-18-8-7-13(11-15(18)20)10-14(12-22)19(24)23-17-6-4-3-5-16(17)21/h3-8,10-11H,2,9H2,1H3,(H,23,24)/b14-10+. The van der Waals surface area contributed by atoms with E-state index in [1.54, 1.807) is 42.5 Å². The van der Waals surface area contributed by atoms with Crippen molar-refractivity contribution in [1.29, 1.82) is 5.26 Å². The molecule has 0 saturated carbocycles. The van der Waals surface area contributed by atoms with Crippen LogP contribution >= 0.6 is 27.5 Å². The zero-order valence-corrected chi connectivity index (χ0v) is 15.9. The predicted molar refractivity (Wildman–Crippen MR) is 104 cm³/mol. The summed E-state index contributed by atoms with van der Waals surface area (Å²) in [4.78, 5) is 12.3. The molecule has 0 bridgehead atoms. The predicted octanol–water partition coefficient (Wildman–Crippen LogP) is 5.44. The van der Waals surface area contributed by atoms with E-state index in [0.717, 1.165) is 16.6 Å². The molecule has 0 aliphatic heterocycles. The number of carbonyl (C=O) groups excluding carboxylic acids is 1. The lowest BCUT2D eigenvalue weighted by molar-refractivity contribution is -0.112. The largest absolute Gasteiger partial charge is 0.492 e. The Balaban J connectivity index is 2.19. The van der Waals surface area contributed by atoms with Gasteiger partial charge in [-0.1, -0.05) is 36.7 Å². The molecule has 2 aromatic carbocycles. The van der Waals surface area contributed by atoms with E-state index in [9.17, 15) is 10.1 Å². The summed E-state index contributed by atoms with van der Waals surface area (Å²) in [7, 11) is 0. The van der Waals surface area contributed by atoms with Crippen molar-refractivity contribution in [1.82, 2.24) is 0 Å². The number of ether oxygens (including phenoxy) is 1. The maximum atomic E-state index is 12.3.